The number of amides is 2. The first-order valence-corrected chi connectivity index (χ1v) is 9.22. The van der Waals surface area contributed by atoms with Crippen molar-refractivity contribution in [3.8, 4) is 6.07 Å². The predicted molar refractivity (Wildman–Crippen MR) is 104 cm³/mol. The van der Waals surface area contributed by atoms with Gasteiger partial charge in [0, 0.05) is 25.3 Å². The Morgan fingerprint density at radius 3 is 2.57 bits per heavy atom. The highest BCUT2D eigenvalue weighted by molar-refractivity contribution is 5.89. The molecule has 0 radical (unpaired) electrons. The number of hydrogen-bond donors (Lipinski definition) is 2. The van der Waals surface area contributed by atoms with Crippen molar-refractivity contribution in [2.24, 2.45) is 5.92 Å². The van der Waals surface area contributed by atoms with Crippen LogP contribution in [-0.2, 0) is 0 Å². The van der Waals surface area contributed by atoms with E-state index < -0.39 is 11.6 Å². The lowest BCUT2D eigenvalue weighted by Gasteiger charge is -2.34. The van der Waals surface area contributed by atoms with E-state index in [1.807, 2.05) is 31.2 Å². The number of carbonyl (C=O) groups is 1. The van der Waals surface area contributed by atoms with Gasteiger partial charge in [0.25, 0.3) is 0 Å². The lowest BCUT2D eigenvalue weighted by molar-refractivity contribution is 0.249. The Morgan fingerprint density at radius 1 is 1.25 bits per heavy atom. The van der Waals surface area contributed by atoms with Crippen LogP contribution in [-0.4, -0.2) is 25.7 Å². The zero-order valence-corrected chi connectivity index (χ0v) is 15.6. The molecule has 1 atom stereocenters. The maximum Gasteiger partial charge on any atom is 0.319 e. The van der Waals surface area contributed by atoms with Crippen molar-refractivity contribution in [1.29, 1.82) is 5.26 Å². The second-order valence-corrected chi connectivity index (χ2v) is 7.06. The zero-order valence-electron chi connectivity index (χ0n) is 15.6. The summed E-state index contributed by atoms with van der Waals surface area (Å²) in [6.45, 7) is 3.35. The molecule has 7 heteroatoms. The Labute approximate surface area is 163 Å². The van der Waals surface area contributed by atoms with Gasteiger partial charge in [-0.3, -0.25) is 0 Å². The van der Waals surface area contributed by atoms with Gasteiger partial charge < -0.3 is 15.5 Å². The van der Waals surface area contributed by atoms with Crippen molar-refractivity contribution in [1.82, 2.24) is 5.32 Å². The smallest absolute Gasteiger partial charge is 0.319 e. The lowest BCUT2D eigenvalue weighted by Crippen LogP contribution is -2.42. The normalized spacial score (nSPS) is 16.4. The summed E-state index contributed by atoms with van der Waals surface area (Å²) in [4.78, 5) is 13.7. The lowest BCUT2D eigenvalue weighted by atomic mass is 9.97. The molecule has 0 aromatic heterocycles. The van der Waals surface area contributed by atoms with E-state index in [9.17, 15) is 13.6 Å². The standard InChI is InChI=1S/C21H22F2N4O/c1-14-4-6-17(7-5-14)26-21(28)25-12-15-3-2-8-27(13-15)20-18(22)9-16(11-24)10-19(20)23/h4-7,9-10,15H,2-3,8,12-13H2,1H3,(H2,25,26,28). The number of urea groups is 1. The first kappa shape index (κ1) is 19.6. The van der Waals surface area contributed by atoms with Crippen molar-refractivity contribution in [2.75, 3.05) is 29.9 Å². The fourth-order valence-electron chi connectivity index (χ4n) is 3.42. The molecular weight excluding hydrogens is 362 g/mol. The van der Waals surface area contributed by atoms with Gasteiger partial charge in [-0.25, -0.2) is 13.6 Å². The summed E-state index contributed by atoms with van der Waals surface area (Å²) in [5.74, 6) is -1.39. The molecule has 28 heavy (non-hydrogen) atoms. The number of nitrogens with zero attached hydrogens (tertiary/aromatic N) is 2. The predicted octanol–water partition coefficient (Wildman–Crippen LogP) is 4.18. The topological polar surface area (TPSA) is 68.2 Å². The van der Waals surface area contributed by atoms with E-state index in [0.717, 1.165) is 30.5 Å². The summed E-state index contributed by atoms with van der Waals surface area (Å²) < 4.78 is 28.6. The van der Waals surface area contributed by atoms with Crippen LogP contribution >= 0.6 is 0 Å². The fraction of sp³-hybridized carbons (Fsp3) is 0.333. The highest BCUT2D eigenvalue weighted by Crippen LogP contribution is 2.29. The molecule has 146 valence electrons. The molecule has 2 aromatic carbocycles. The molecular formula is C21H22F2N4O. The number of piperidine rings is 1. The Balaban J connectivity index is 1.57. The minimum absolute atomic E-state index is 0.0400. The van der Waals surface area contributed by atoms with Crippen LogP contribution in [0.15, 0.2) is 36.4 Å². The molecule has 1 aliphatic rings. The molecule has 0 saturated carbocycles. The Kier molecular flexibility index (Phi) is 6.09. The van der Waals surface area contributed by atoms with E-state index in [1.165, 1.54) is 0 Å². The number of anilines is 2. The number of hydrogen-bond acceptors (Lipinski definition) is 3. The van der Waals surface area contributed by atoms with Crippen molar-refractivity contribution < 1.29 is 13.6 Å². The zero-order chi connectivity index (χ0) is 20.1. The van der Waals surface area contributed by atoms with Crippen molar-refractivity contribution in [2.45, 2.75) is 19.8 Å². The summed E-state index contributed by atoms with van der Waals surface area (Å²) in [5.41, 5.74) is 1.67. The third-order valence-electron chi connectivity index (χ3n) is 4.84. The first-order valence-electron chi connectivity index (χ1n) is 9.22. The van der Waals surface area contributed by atoms with Crippen LogP contribution < -0.4 is 15.5 Å². The number of rotatable bonds is 4. The Bertz CT molecular complexity index is 869. The average molecular weight is 384 g/mol. The summed E-state index contributed by atoms with van der Waals surface area (Å²) in [7, 11) is 0. The van der Waals surface area contributed by atoms with Crippen LogP contribution in [0.4, 0.5) is 25.0 Å². The number of benzene rings is 2. The second kappa shape index (κ2) is 8.70. The largest absolute Gasteiger partial charge is 0.366 e. The molecule has 2 N–H and O–H groups in total. The molecule has 1 saturated heterocycles. The summed E-state index contributed by atoms with van der Waals surface area (Å²) in [5, 5.41) is 14.4. The van der Waals surface area contributed by atoms with E-state index in [-0.39, 0.29) is 23.2 Å². The number of halogens is 2. The van der Waals surface area contributed by atoms with Crippen LogP contribution in [0.3, 0.4) is 0 Å². The van der Waals surface area contributed by atoms with Crippen molar-refractivity contribution >= 4 is 17.4 Å². The maximum atomic E-state index is 14.3. The number of carbonyl (C=O) groups excluding carboxylic acids is 1. The monoisotopic (exact) mass is 384 g/mol. The van der Waals surface area contributed by atoms with Crippen LogP contribution in [0.5, 0.6) is 0 Å². The van der Waals surface area contributed by atoms with Crippen molar-refractivity contribution in [3.63, 3.8) is 0 Å². The molecule has 1 fully saturated rings. The fourth-order valence-corrected chi connectivity index (χ4v) is 3.42. The van der Waals surface area contributed by atoms with Crippen LogP contribution in [0.2, 0.25) is 0 Å². The van der Waals surface area contributed by atoms with Crippen LogP contribution in [0, 0.1) is 35.8 Å². The van der Waals surface area contributed by atoms with Gasteiger partial charge >= 0.3 is 6.03 Å². The summed E-state index contributed by atoms with van der Waals surface area (Å²) >= 11 is 0. The highest BCUT2D eigenvalue weighted by Gasteiger charge is 2.25. The maximum absolute atomic E-state index is 14.3. The van der Waals surface area contributed by atoms with Gasteiger partial charge in [-0.2, -0.15) is 5.26 Å². The van der Waals surface area contributed by atoms with Gasteiger partial charge in [0.05, 0.1) is 11.6 Å². The van der Waals surface area contributed by atoms with E-state index in [4.69, 9.17) is 5.26 Å². The summed E-state index contributed by atoms with van der Waals surface area (Å²) in [6, 6.07) is 11.0. The minimum atomic E-state index is -0.734. The molecule has 0 bridgehead atoms. The van der Waals surface area contributed by atoms with E-state index in [0.29, 0.717) is 25.3 Å². The van der Waals surface area contributed by atoms with Crippen LogP contribution in [0.1, 0.15) is 24.0 Å². The highest BCUT2D eigenvalue weighted by atomic mass is 19.1. The third kappa shape index (κ3) is 4.77. The molecule has 5 nitrogen and oxygen atoms in total. The summed E-state index contributed by atoms with van der Waals surface area (Å²) in [6.07, 6.45) is 1.63. The molecule has 0 spiro atoms. The third-order valence-corrected chi connectivity index (χ3v) is 4.84. The van der Waals surface area contributed by atoms with E-state index >= 15 is 0 Å². The molecule has 1 unspecified atom stereocenters. The molecule has 0 aliphatic carbocycles. The molecule has 2 aromatic rings. The molecule has 2 amide bonds. The van der Waals surface area contributed by atoms with Gasteiger partial charge in [-0.05, 0) is 49.9 Å². The second-order valence-electron chi connectivity index (χ2n) is 7.06. The molecule has 1 heterocycles. The van der Waals surface area contributed by atoms with E-state index in [1.54, 1.807) is 11.0 Å². The number of nitrogens with one attached hydrogen (secondary N) is 2. The van der Waals surface area contributed by atoms with E-state index in [2.05, 4.69) is 10.6 Å². The van der Waals surface area contributed by atoms with Gasteiger partial charge in [0.1, 0.15) is 5.69 Å². The molecule has 1 aliphatic heterocycles. The average Bonchev–Trinajstić information content (AvgIpc) is 2.68. The van der Waals surface area contributed by atoms with Crippen LogP contribution in [0.25, 0.3) is 0 Å². The minimum Gasteiger partial charge on any atom is -0.366 e. The SMILES string of the molecule is Cc1ccc(NC(=O)NCC2CCCN(c3c(F)cc(C#N)cc3F)C2)cc1. The van der Waals surface area contributed by atoms with Gasteiger partial charge in [-0.1, -0.05) is 17.7 Å². The number of nitriles is 1. The first-order chi connectivity index (χ1) is 13.5. The van der Waals surface area contributed by atoms with Gasteiger partial charge in [0.15, 0.2) is 11.6 Å². The number of aryl methyl sites for hydroxylation is 1. The van der Waals surface area contributed by atoms with Gasteiger partial charge in [-0.15, -0.1) is 0 Å². The van der Waals surface area contributed by atoms with Crippen molar-refractivity contribution in [3.05, 3.63) is 59.2 Å². The Morgan fingerprint density at radius 2 is 1.93 bits per heavy atom. The van der Waals surface area contributed by atoms with Gasteiger partial charge in [0.2, 0.25) is 0 Å². The molecule has 3 rings (SSSR count). The quantitative estimate of drug-likeness (QED) is 0.831. The Hall–Kier alpha value is -3.14.